The molecule has 3 heterocycles. The van der Waals surface area contributed by atoms with Gasteiger partial charge in [0.1, 0.15) is 10.7 Å². The fourth-order valence-corrected chi connectivity index (χ4v) is 2.83. The van der Waals surface area contributed by atoms with Gasteiger partial charge in [-0.05, 0) is 30.6 Å². The van der Waals surface area contributed by atoms with Crippen LogP contribution in [0.1, 0.15) is 16.2 Å². The van der Waals surface area contributed by atoms with Crippen LogP contribution >= 0.6 is 22.9 Å². The second kappa shape index (κ2) is 5.94. The molecule has 0 unspecified atom stereocenters. The summed E-state index contributed by atoms with van der Waals surface area (Å²) in [4.78, 5) is 24.3. The Labute approximate surface area is 128 Å². The van der Waals surface area contributed by atoms with Gasteiger partial charge in [-0.25, -0.2) is 15.0 Å². The molecule has 9 heteroatoms. The van der Waals surface area contributed by atoms with Crippen molar-refractivity contribution >= 4 is 44.9 Å². The zero-order valence-corrected chi connectivity index (χ0v) is 12.5. The summed E-state index contributed by atoms with van der Waals surface area (Å²) in [6.07, 6.45) is 3.26. The quantitative estimate of drug-likeness (QED) is 0.768. The van der Waals surface area contributed by atoms with Crippen LogP contribution in [-0.4, -0.2) is 25.2 Å². The van der Waals surface area contributed by atoms with Gasteiger partial charge in [0.2, 0.25) is 5.95 Å². The Morgan fingerprint density at radius 1 is 1.29 bits per heavy atom. The topological polar surface area (TPSA) is 92.7 Å². The predicted molar refractivity (Wildman–Crippen MR) is 82.2 cm³/mol. The van der Waals surface area contributed by atoms with Crippen molar-refractivity contribution in [3.8, 4) is 0 Å². The number of aromatic nitrogens is 4. The van der Waals surface area contributed by atoms with Crippen molar-refractivity contribution in [3.63, 3.8) is 0 Å². The molecule has 3 rings (SSSR count). The van der Waals surface area contributed by atoms with Gasteiger partial charge in [0.15, 0.2) is 5.13 Å². The summed E-state index contributed by atoms with van der Waals surface area (Å²) >= 11 is 2.55. The minimum absolute atomic E-state index is 0.267. The summed E-state index contributed by atoms with van der Waals surface area (Å²) in [6, 6.07) is 3.54. The summed E-state index contributed by atoms with van der Waals surface area (Å²) in [5, 5.41) is 8.64. The Morgan fingerprint density at radius 2 is 2.10 bits per heavy atom. The molecule has 106 valence electrons. The average molecular weight is 318 g/mol. The molecule has 0 fully saturated rings. The summed E-state index contributed by atoms with van der Waals surface area (Å²) in [5.41, 5.74) is 1.21. The van der Waals surface area contributed by atoms with Crippen molar-refractivity contribution in [2.75, 3.05) is 10.6 Å². The highest BCUT2D eigenvalue weighted by molar-refractivity contribution is 7.14. The number of rotatable bonds is 4. The Bertz CT molecular complexity index is 754. The van der Waals surface area contributed by atoms with Crippen molar-refractivity contribution < 1.29 is 4.79 Å². The molecule has 7 nitrogen and oxygen atoms in total. The zero-order valence-electron chi connectivity index (χ0n) is 10.9. The number of aryl methyl sites for hydroxylation is 1. The van der Waals surface area contributed by atoms with E-state index in [1.54, 1.807) is 23.8 Å². The number of hydrogen-bond donors (Lipinski definition) is 2. The molecular weight excluding hydrogens is 308 g/mol. The number of carbonyl (C=O) groups excluding carboxylic acids is 1. The van der Waals surface area contributed by atoms with Crippen LogP contribution in [0.25, 0.3) is 0 Å². The molecule has 21 heavy (non-hydrogen) atoms. The number of carbonyl (C=O) groups is 1. The molecule has 0 spiro atoms. The fourth-order valence-electron chi connectivity index (χ4n) is 1.49. The lowest BCUT2D eigenvalue weighted by atomic mass is 10.4. The highest BCUT2D eigenvalue weighted by Gasteiger charge is 2.12. The lowest BCUT2D eigenvalue weighted by Crippen LogP contribution is -2.11. The van der Waals surface area contributed by atoms with E-state index in [1.165, 1.54) is 22.9 Å². The van der Waals surface area contributed by atoms with Crippen LogP contribution in [0.5, 0.6) is 0 Å². The van der Waals surface area contributed by atoms with E-state index < -0.39 is 0 Å². The van der Waals surface area contributed by atoms with Gasteiger partial charge < -0.3 is 10.6 Å². The number of amides is 1. The fraction of sp³-hybridized carbons (Fsp3) is 0.0833. The molecule has 0 saturated carbocycles. The van der Waals surface area contributed by atoms with Crippen molar-refractivity contribution in [2.24, 2.45) is 0 Å². The smallest absolute Gasteiger partial charge is 0.275 e. The maximum Gasteiger partial charge on any atom is 0.275 e. The molecule has 3 aromatic heterocycles. The minimum Gasteiger partial charge on any atom is -0.311 e. The monoisotopic (exact) mass is 318 g/mol. The number of nitrogens with one attached hydrogen (secondary N) is 2. The molecule has 0 saturated heterocycles. The standard InChI is InChI=1S/C12H10N6OS2/c1-7-5-9(21-18-7)16-10(19)8-6-20-12(15-8)17-11-13-3-2-4-14-11/h2-6H,1H3,(H,16,19)(H,13,14,15,17). The Hall–Kier alpha value is -2.39. The lowest BCUT2D eigenvalue weighted by Gasteiger charge is -1.99. The maximum atomic E-state index is 12.0. The van der Waals surface area contributed by atoms with E-state index in [2.05, 4.69) is 30.0 Å². The van der Waals surface area contributed by atoms with Gasteiger partial charge in [0, 0.05) is 17.8 Å². The van der Waals surface area contributed by atoms with Crippen LogP contribution in [0, 0.1) is 6.92 Å². The van der Waals surface area contributed by atoms with Gasteiger partial charge in [-0.3, -0.25) is 4.79 Å². The summed E-state index contributed by atoms with van der Waals surface area (Å²) in [7, 11) is 0. The lowest BCUT2D eigenvalue weighted by molar-refractivity contribution is 0.102. The Balaban J connectivity index is 1.68. The van der Waals surface area contributed by atoms with Gasteiger partial charge in [0.05, 0.1) is 5.69 Å². The Morgan fingerprint density at radius 3 is 2.81 bits per heavy atom. The summed E-state index contributed by atoms with van der Waals surface area (Å²) < 4.78 is 4.10. The minimum atomic E-state index is -0.267. The van der Waals surface area contributed by atoms with Crippen LogP contribution in [0.4, 0.5) is 16.1 Å². The first-order valence-electron chi connectivity index (χ1n) is 5.95. The molecule has 1 amide bonds. The molecule has 0 radical (unpaired) electrons. The van der Waals surface area contributed by atoms with Crippen LogP contribution in [-0.2, 0) is 0 Å². The first-order valence-corrected chi connectivity index (χ1v) is 7.60. The molecule has 0 aliphatic carbocycles. The third kappa shape index (κ3) is 3.38. The molecule has 0 aliphatic heterocycles. The molecular formula is C12H10N6OS2. The first kappa shape index (κ1) is 13.6. The van der Waals surface area contributed by atoms with Gasteiger partial charge in [-0.15, -0.1) is 11.3 Å². The largest absolute Gasteiger partial charge is 0.311 e. The van der Waals surface area contributed by atoms with E-state index in [9.17, 15) is 4.79 Å². The second-order valence-corrected chi connectivity index (χ2v) is 5.69. The van der Waals surface area contributed by atoms with Crippen molar-refractivity contribution in [1.29, 1.82) is 0 Å². The van der Waals surface area contributed by atoms with Crippen molar-refractivity contribution in [2.45, 2.75) is 6.92 Å². The van der Waals surface area contributed by atoms with Crippen LogP contribution in [0.15, 0.2) is 29.9 Å². The average Bonchev–Trinajstić information content (AvgIpc) is 3.09. The van der Waals surface area contributed by atoms with Gasteiger partial charge in [0.25, 0.3) is 5.91 Å². The molecule has 3 aromatic rings. The highest BCUT2D eigenvalue weighted by atomic mass is 32.1. The van der Waals surface area contributed by atoms with E-state index in [4.69, 9.17) is 0 Å². The molecule has 0 bridgehead atoms. The maximum absolute atomic E-state index is 12.0. The number of thiazole rings is 1. The normalized spacial score (nSPS) is 10.3. The number of anilines is 3. The van der Waals surface area contributed by atoms with Gasteiger partial charge >= 0.3 is 0 Å². The summed E-state index contributed by atoms with van der Waals surface area (Å²) in [6.45, 7) is 1.87. The van der Waals surface area contributed by atoms with Gasteiger partial charge in [-0.2, -0.15) is 4.37 Å². The second-order valence-electron chi connectivity index (χ2n) is 4.02. The zero-order chi connectivity index (χ0) is 14.7. The number of hydrogen-bond acceptors (Lipinski definition) is 8. The van der Waals surface area contributed by atoms with E-state index in [0.717, 1.165) is 5.69 Å². The molecule has 0 atom stereocenters. The van der Waals surface area contributed by atoms with E-state index >= 15 is 0 Å². The van der Waals surface area contributed by atoms with Crippen LogP contribution < -0.4 is 10.6 Å². The predicted octanol–water partition coefficient (Wildman–Crippen LogP) is 2.69. The third-order valence-electron chi connectivity index (χ3n) is 2.39. The summed E-state index contributed by atoms with van der Waals surface area (Å²) in [5.74, 6) is 0.175. The highest BCUT2D eigenvalue weighted by Crippen LogP contribution is 2.21. The van der Waals surface area contributed by atoms with Crippen molar-refractivity contribution in [1.82, 2.24) is 19.3 Å². The van der Waals surface area contributed by atoms with Crippen molar-refractivity contribution in [3.05, 3.63) is 41.3 Å². The van der Waals surface area contributed by atoms with Crippen LogP contribution in [0.2, 0.25) is 0 Å². The molecule has 0 aliphatic rings. The third-order valence-corrected chi connectivity index (χ3v) is 3.94. The van der Waals surface area contributed by atoms with E-state index in [-0.39, 0.29) is 5.91 Å². The first-order chi connectivity index (χ1) is 10.2. The van der Waals surface area contributed by atoms with Gasteiger partial charge in [-0.1, -0.05) is 0 Å². The molecule has 0 aromatic carbocycles. The Kier molecular flexibility index (Phi) is 3.84. The molecule has 2 N–H and O–H groups in total. The van der Waals surface area contributed by atoms with E-state index in [1.807, 2.05) is 13.0 Å². The SMILES string of the molecule is Cc1cc(NC(=O)c2csc(Nc3ncccn3)n2)sn1. The van der Waals surface area contributed by atoms with E-state index in [0.29, 0.717) is 21.8 Å². The van der Waals surface area contributed by atoms with Crippen LogP contribution in [0.3, 0.4) is 0 Å². The number of nitrogens with zero attached hydrogens (tertiary/aromatic N) is 4.